The Morgan fingerprint density at radius 1 is 0.684 bits per heavy atom. The van der Waals surface area contributed by atoms with Crippen LogP contribution in [0, 0.1) is 5.92 Å². The molecule has 0 nitrogen and oxygen atoms in total. The summed E-state index contributed by atoms with van der Waals surface area (Å²) in [5.74, 6) is 0.931. The van der Waals surface area contributed by atoms with Crippen molar-refractivity contribution >= 4 is 23.5 Å². The van der Waals surface area contributed by atoms with Gasteiger partial charge in [-0.15, -0.1) is 23.5 Å². The summed E-state index contributed by atoms with van der Waals surface area (Å²) in [6.07, 6.45) is 13.2. The summed E-state index contributed by atoms with van der Waals surface area (Å²) in [4.78, 5) is 3.05. The molecule has 2 heteroatoms. The van der Waals surface area contributed by atoms with Crippen LogP contribution in [0.15, 0.2) is 34.1 Å². The molecule has 0 amide bonds. The third kappa shape index (κ3) is 3.72. The second-order valence-electron chi connectivity index (χ2n) is 5.86. The highest BCUT2D eigenvalue weighted by Crippen LogP contribution is 2.52. The Labute approximate surface area is 126 Å². The molecule has 1 aromatic rings. The molecule has 0 bridgehead atoms. The van der Waals surface area contributed by atoms with E-state index in [1.54, 1.807) is 0 Å². The molecule has 0 spiro atoms. The first-order valence-electron chi connectivity index (χ1n) is 7.86. The first-order valence-corrected chi connectivity index (χ1v) is 9.62. The Morgan fingerprint density at radius 3 is 1.68 bits per heavy atom. The Kier molecular flexibility index (Phi) is 5.17. The summed E-state index contributed by atoms with van der Waals surface area (Å²) in [7, 11) is 0. The molecule has 104 valence electrons. The lowest BCUT2D eigenvalue weighted by Gasteiger charge is -2.23. The van der Waals surface area contributed by atoms with Crippen LogP contribution in [-0.4, -0.2) is 4.58 Å². The molecule has 19 heavy (non-hydrogen) atoms. The van der Waals surface area contributed by atoms with E-state index in [-0.39, 0.29) is 0 Å². The standard InChI is InChI=1S/C17H24S2/c1-2-4-6-10-14(11-7-5-3-1)17-18-15-12-8-9-13-16(15)19-17/h8-9,12-14,17H,1-7,10-11H2. The number of benzene rings is 1. The van der Waals surface area contributed by atoms with E-state index >= 15 is 0 Å². The average molecular weight is 293 g/mol. The first-order chi connectivity index (χ1) is 9.43. The van der Waals surface area contributed by atoms with Crippen LogP contribution in [-0.2, 0) is 0 Å². The molecule has 1 aromatic carbocycles. The molecule has 1 heterocycles. The van der Waals surface area contributed by atoms with Crippen LogP contribution in [0.2, 0.25) is 0 Å². The second kappa shape index (κ2) is 7.08. The van der Waals surface area contributed by atoms with Gasteiger partial charge in [0.15, 0.2) is 0 Å². The molecule has 0 saturated heterocycles. The smallest absolute Gasteiger partial charge is 0.0625 e. The molecule has 1 fully saturated rings. The molecule has 2 aliphatic rings. The highest BCUT2D eigenvalue weighted by atomic mass is 32.2. The van der Waals surface area contributed by atoms with Crippen LogP contribution in [0.5, 0.6) is 0 Å². The fourth-order valence-corrected chi connectivity index (χ4v) is 6.44. The molecule has 0 unspecified atom stereocenters. The van der Waals surface area contributed by atoms with Gasteiger partial charge in [-0.1, -0.05) is 57.1 Å². The van der Waals surface area contributed by atoms with E-state index in [0.717, 1.165) is 10.5 Å². The minimum atomic E-state index is 0.789. The van der Waals surface area contributed by atoms with Crippen molar-refractivity contribution in [2.75, 3.05) is 0 Å². The van der Waals surface area contributed by atoms with E-state index in [1.165, 1.54) is 67.6 Å². The lowest BCUT2D eigenvalue weighted by Crippen LogP contribution is -2.12. The zero-order valence-electron chi connectivity index (χ0n) is 11.6. The molecular weight excluding hydrogens is 268 g/mol. The third-order valence-corrected chi connectivity index (χ3v) is 7.53. The van der Waals surface area contributed by atoms with E-state index in [4.69, 9.17) is 0 Å². The second-order valence-corrected chi connectivity index (χ2v) is 8.53. The minimum Gasteiger partial charge on any atom is -0.110 e. The maximum Gasteiger partial charge on any atom is 0.0625 e. The predicted octanol–water partition coefficient (Wildman–Crippen LogP) is 6.35. The highest BCUT2D eigenvalue weighted by Gasteiger charge is 2.29. The zero-order valence-corrected chi connectivity index (χ0v) is 13.3. The fraction of sp³-hybridized carbons (Fsp3) is 0.647. The summed E-state index contributed by atoms with van der Waals surface area (Å²) >= 11 is 4.27. The summed E-state index contributed by atoms with van der Waals surface area (Å²) in [5, 5.41) is 0. The normalized spacial score (nSPS) is 23.2. The van der Waals surface area contributed by atoms with Gasteiger partial charge in [-0.2, -0.15) is 0 Å². The van der Waals surface area contributed by atoms with Crippen molar-refractivity contribution < 1.29 is 0 Å². The third-order valence-electron chi connectivity index (χ3n) is 4.37. The predicted molar refractivity (Wildman–Crippen MR) is 87.0 cm³/mol. The number of hydrogen-bond acceptors (Lipinski definition) is 2. The van der Waals surface area contributed by atoms with Crippen LogP contribution in [0.3, 0.4) is 0 Å². The molecule has 0 aromatic heterocycles. The fourth-order valence-electron chi connectivity index (χ4n) is 3.23. The van der Waals surface area contributed by atoms with Crippen molar-refractivity contribution in [1.29, 1.82) is 0 Å². The Bertz CT molecular complexity index is 367. The Morgan fingerprint density at radius 2 is 1.16 bits per heavy atom. The quantitative estimate of drug-likeness (QED) is 0.591. The summed E-state index contributed by atoms with van der Waals surface area (Å²) < 4.78 is 0.789. The van der Waals surface area contributed by atoms with E-state index < -0.39 is 0 Å². The van der Waals surface area contributed by atoms with E-state index in [0.29, 0.717) is 0 Å². The molecule has 1 aliphatic heterocycles. The van der Waals surface area contributed by atoms with Crippen molar-refractivity contribution in [2.45, 2.75) is 72.2 Å². The van der Waals surface area contributed by atoms with Crippen LogP contribution >= 0.6 is 23.5 Å². The van der Waals surface area contributed by atoms with Gasteiger partial charge in [-0.25, -0.2) is 0 Å². The Balaban J connectivity index is 1.61. The number of thioether (sulfide) groups is 2. The number of fused-ring (bicyclic) bond motifs is 1. The van der Waals surface area contributed by atoms with Gasteiger partial charge in [0.25, 0.3) is 0 Å². The van der Waals surface area contributed by atoms with Gasteiger partial charge in [-0.3, -0.25) is 0 Å². The van der Waals surface area contributed by atoms with Gasteiger partial charge in [0.05, 0.1) is 4.58 Å². The van der Waals surface area contributed by atoms with Crippen molar-refractivity contribution in [2.24, 2.45) is 5.92 Å². The summed E-state index contributed by atoms with van der Waals surface area (Å²) in [6.45, 7) is 0. The van der Waals surface area contributed by atoms with Gasteiger partial charge < -0.3 is 0 Å². The monoisotopic (exact) mass is 292 g/mol. The molecular formula is C17H24S2. The molecule has 0 radical (unpaired) electrons. The van der Waals surface area contributed by atoms with Crippen molar-refractivity contribution in [3.8, 4) is 0 Å². The van der Waals surface area contributed by atoms with Crippen molar-refractivity contribution in [3.05, 3.63) is 24.3 Å². The zero-order chi connectivity index (χ0) is 12.9. The molecule has 1 aliphatic carbocycles. The van der Waals surface area contributed by atoms with E-state index in [2.05, 4.69) is 47.8 Å². The average Bonchev–Trinajstić information content (AvgIpc) is 2.88. The minimum absolute atomic E-state index is 0.789. The van der Waals surface area contributed by atoms with E-state index in [1.807, 2.05) is 0 Å². The van der Waals surface area contributed by atoms with Crippen LogP contribution in [0.1, 0.15) is 57.8 Å². The summed E-state index contributed by atoms with van der Waals surface area (Å²) in [6, 6.07) is 8.96. The van der Waals surface area contributed by atoms with Gasteiger partial charge in [-0.05, 0) is 30.9 Å². The lowest BCUT2D eigenvalue weighted by molar-refractivity contribution is 0.411. The van der Waals surface area contributed by atoms with Gasteiger partial charge in [0, 0.05) is 9.79 Å². The number of rotatable bonds is 1. The summed E-state index contributed by atoms with van der Waals surface area (Å²) in [5.41, 5.74) is 0. The molecule has 0 N–H and O–H groups in total. The maximum absolute atomic E-state index is 2.30. The van der Waals surface area contributed by atoms with E-state index in [9.17, 15) is 0 Å². The SMILES string of the molecule is c1ccc2c(c1)SC(C1CCCCCCCCC1)S2. The molecule has 1 saturated carbocycles. The van der Waals surface area contributed by atoms with Crippen LogP contribution in [0.4, 0.5) is 0 Å². The van der Waals surface area contributed by atoms with Crippen molar-refractivity contribution in [1.82, 2.24) is 0 Å². The number of hydrogen-bond donors (Lipinski definition) is 0. The van der Waals surface area contributed by atoms with Gasteiger partial charge in [0.2, 0.25) is 0 Å². The van der Waals surface area contributed by atoms with Crippen LogP contribution in [0.25, 0.3) is 0 Å². The van der Waals surface area contributed by atoms with Crippen molar-refractivity contribution in [3.63, 3.8) is 0 Å². The largest absolute Gasteiger partial charge is 0.110 e. The highest BCUT2D eigenvalue weighted by molar-refractivity contribution is 8.19. The molecule has 3 rings (SSSR count). The first kappa shape index (κ1) is 13.9. The Hall–Kier alpha value is -0.0800. The molecule has 0 atom stereocenters. The van der Waals surface area contributed by atoms with Gasteiger partial charge >= 0.3 is 0 Å². The lowest BCUT2D eigenvalue weighted by atomic mass is 9.93. The van der Waals surface area contributed by atoms with Gasteiger partial charge in [0.1, 0.15) is 0 Å². The van der Waals surface area contributed by atoms with Crippen LogP contribution < -0.4 is 0 Å². The topological polar surface area (TPSA) is 0 Å². The maximum atomic E-state index is 2.30.